The molecule has 0 unspecified atom stereocenters. The first-order valence-corrected chi connectivity index (χ1v) is 6.97. The molecular weight excluding hydrogens is 259 g/mol. The number of methoxy groups -OCH3 is 2. The molecule has 0 saturated heterocycles. The fourth-order valence-corrected chi connectivity index (χ4v) is 1.60. The van der Waals surface area contributed by atoms with Crippen LogP contribution >= 0.6 is 0 Å². The second kappa shape index (κ2) is 11.7. The summed E-state index contributed by atoms with van der Waals surface area (Å²) in [5.41, 5.74) is 0.959. The van der Waals surface area contributed by atoms with Crippen LogP contribution in [0.15, 0.2) is 18.2 Å². The Bertz CT molecular complexity index is 350. The lowest BCUT2D eigenvalue weighted by Crippen LogP contribution is -1.96. The molecule has 116 valence electrons. The van der Waals surface area contributed by atoms with Gasteiger partial charge in [0.1, 0.15) is 11.6 Å². The molecule has 0 aliphatic carbocycles. The van der Waals surface area contributed by atoms with Gasteiger partial charge in [0.05, 0.1) is 7.11 Å². The highest BCUT2D eigenvalue weighted by atomic mass is 19.1. The Kier molecular flexibility index (Phi) is 11.0. The highest BCUT2D eigenvalue weighted by molar-refractivity contribution is 5.33. The maximum Gasteiger partial charge on any atom is 0.123 e. The molecule has 1 aromatic carbocycles. The van der Waals surface area contributed by atoms with Gasteiger partial charge in [0, 0.05) is 20.3 Å². The van der Waals surface area contributed by atoms with E-state index in [1.165, 1.54) is 6.07 Å². The van der Waals surface area contributed by atoms with E-state index < -0.39 is 0 Å². The van der Waals surface area contributed by atoms with E-state index in [9.17, 15) is 4.39 Å². The highest BCUT2D eigenvalue weighted by Gasteiger charge is 2.05. The average molecular weight is 286 g/mol. The number of aliphatic hydroxyl groups excluding tert-OH is 1. The van der Waals surface area contributed by atoms with E-state index in [-0.39, 0.29) is 12.4 Å². The lowest BCUT2D eigenvalue weighted by molar-refractivity contribution is 0.166. The number of aryl methyl sites for hydroxylation is 1. The van der Waals surface area contributed by atoms with Gasteiger partial charge in [-0.25, -0.2) is 4.39 Å². The monoisotopic (exact) mass is 286 g/mol. The van der Waals surface area contributed by atoms with E-state index in [2.05, 4.69) is 18.6 Å². The quantitative estimate of drug-likeness (QED) is 0.780. The summed E-state index contributed by atoms with van der Waals surface area (Å²) in [6.45, 7) is 5.21. The van der Waals surface area contributed by atoms with Crippen LogP contribution in [0, 0.1) is 11.7 Å². The smallest absolute Gasteiger partial charge is 0.123 e. The zero-order chi connectivity index (χ0) is 15.4. The minimum Gasteiger partial charge on any atom is -0.496 e. The van der Waals surface area contributed by atoms with Gasteiger partial charge in [-0.15, -0.1) is 0 Å². The van der Waals surface area contributed by atoms with Crippen molar-refractivity contribution in [1.82, 2.24) is 0 Å². The molecule has 0 spiro atoms. The van der Waals surface area contributed by atoms with Crippen LogP contribution in [0.25, 0.3) is 0 Å². The van der Waals surface area contributed by atoms with Crippen LogP contribution in [0.4, 0.5) is 4.39 Å². The molecule has 20 heavy (non-hydrogen) atoms. The lowest BCUT2D eigenvalue weighted by atomic mass is 10.0. The number of aliphatic hydroxyl groups is 1. The third-order valence-electron chi connectivity index (χ3n) is 2.74. The number of hydrogen-bond acceptors (Lipinski definition) is 3. The molecule has 1 rings (SSSR count). The van der Waals surface area contributed by atoms with Crippen LogP contribution in [0.1, 0.15) is 32.3 Å². The molecular formula is C16H27FO3. The average Bonchev–Trinajstić information content (AvgIpc) is 2.43. The number of rotatable bonds is 7. The molecule has 0 radical (unpaired) electrons. The van der Waals surface area contributed by atoms with Gasteiger partial charge >= 0.3 is 0 Å². The van der Waals surface area contributed by atoms with E-state index in [1.807, 2.05) is 0 Å². The molecule has 0 atom stereocenters. The largest absolute Gasteiger partial charge is 0.496 e. The second-order valence-corrected chi connectivity index (χ2v) is 4.96. The summed E-state index contributed by atoms with van der Waals surface area (Å²) < 4.78 is 22.7. The van der Waals surface area contributed by atoms with Crippen molar-refractivity contribution in [3.8, 4) is 5.75 Å². The van der Waals surface area contributed by atoms with Crippen LogP contribution in [0.5, 0.6) is 5.75 Å². The van der Waals surface area contributed by atoms with Gasteiger partial charge in [-0.05, 0) is 48.9 Å². The van der Waals surface area contributed by atoms with E-state index in [4.69, 9.17) is 9.84 Å². The molecule has 4 heteroatoms. The summed E-state index contributed by atoms with van der Waals surface area (Å²) in [6.07, 6.45) is 2.68. The van der Waals surface area contributed by atoms with Crippen molar-refractivity contribution in [2.75, 3.05) is 27.4 Å². The van der Waals surface area contributed by atoms with Gasteiger partial charge in [-0.1, -0.05) is 13.8 Å². The molecule has 1 aromatic rings. The van der Waals surface area contributed by atoms with E-state index in [0.717, 1.165) is 30.6 Å². The first-order chi connectivity index (χ1) is 9.54. The Balaban J connectivity index is 0.000000511. The molecule has 0 fully saturated rings. The van der Waals surface area contributed by atoms with Crippen LogP contribution in [0.2, 0.25) is 0 Å². The Labute approximate surface area is 121 Å². The van der Waals surface area contributed by atoms with Crippen LogP contribution < -0.4 is 4.74 Å². The molecule has 0 aliphatic rings. The summed E-state index contributed by atoms with van der Waals surface area (Å²) in [7, 11) is 3.24. The summed E-state index contributed by atoms with van der Waals surface area (Å²) >= 11 is 0. The highest BCUT2D eigenvalue weighted by Crippen LogP contribution is 2.22. The molecule has 0 aliphatic heterocycles. The van der Waals surface area contributed by atoms with Crippen molar-refractivity contribution < 1.29 is 19.0 Å². The van der Waals surface area contributed by atoms with Gasteiger partial charge in [0.2, 0.25) is 0 Å². The van der Waals surface area contributed by atoms with E-state index in [1.54, 1.807) is 26.4 Å². The predicted octanol–water partition coefficient (Wildman–Crippen LogP) is 3.44. The lowest BCUT2D eigenvalue weighted by Gasteiger charge is -2.09. The summed E-state index contributed by atoms with van der Waals surface area (Å²) in [4.78, 5) is 0. The molecule has 0 bridgehead atoms. The summed E-state index contributed by atoms with van der Waals surface area (Å²) in [5.74, 6) is 1.22. The van der Waals surface area contributed by atoms with Gasteiger partial charge in [-0.2, -0.15) is 0 Å². The van der Waals surface area contributed by atoms with E-state index >= 15 is 0 Å². The minimum atomic E-state index is -0.190. The van der Waals surface area contributed by atoms with Crippen molar-refractivity contribution in [2.45, 2.75) is 33.1 Å². The van der Waals surface area contributed by atoms with Gasteiger partial charge in [0.25, 0.3) is 0 Å². The van der Waals surface area contributed by atoms with Crippen LogP contribution in [-0.4, -0.2) is 32.5 Å². The normalized spacial score (nSPS) is 10.2. The number of ether oxygens (including phenoxy) is 2. The summed E-state index contributed by atoms with van der Waals surface area (Å²) in [6, 6.07) is 4.67. The Hall–Kier alpha value is -1.13. The minimum absolute atomic E-state index is 0.190. The van der Waals surface area contributed by atoms with Gasteiger partial charge < -0.3 is 14.6 Å². The number of hydrogen-bond donors (Lipinski definition) is 1. The standard InChI is InChI=1S/C12H17FO.C4H10O2/c1-9(2)4-5-10-8-11(13)6-7-12(10)14-3;1-6-4-2-3-5/h6-9H,4-5H2,1-3H3;5H,2-4H2,1H3. The fraction of sp³-hybridized carbons (Fsp3) is 0.625. The second-order valence-electron chi connectivity index (χ2n) is 4.96. The Morgan fingerprint density at radius 3 is 2.40 bits per heavy atom. The Morgan fingerprint density at radius 2 is 1.95 bits per heavy atom. The fourth-order valence-electron chi connectivity index (χ4n) is 1.60. The SMILES string of the molecule is COCCCO.COc1ccc(F)cc1CCC(C)C. The molecule has 0 aromatic heterocycles. The molecule has 3 nitrogen and oxygen atoms in total. The van der Waals surface area contributed by atoms with Crippen molar-refractivity contribution in [2.24, 2.45) is 5.92 Å². The van der Waals surface area contributed by atoms with Crippen molar-refractivity contribution in [1.29, 1.82) is 0 Å². The first kappa shape index (κ1) is 18.9. The van der Waals surface area contributed by atoms with Crippen LogP contribution in [0.3, 0.4) is 0 Å². The molecule has 0 heterocycles. The summed E-state index contributed by atoms with van der Waals surface area (Å²) in [5, 5.41) is 8.12. The third kappa shape index (κ3) is 8.88. The van der Waals surface area contributed by atoms with Crippen molar-refractivity contribution in [3.63, 3.8) is 0 Å². The third-order valence-corrected chi connectivity index (χ3v) is 2.74. The maximum atomic E-state index is 13.0. The predicted molar refractivity (Wildman–Crippen MR) is 79.7 cm³/mol. The van der Waals surface area contributed by atoms with Crippen molar-refractivity contribution >= 4 is 0 Å². The maximum absolute atomic E-state index is 13.0. The molecule has 1 N–H and O–H groups in total. The Morgan fingerprint density at radius 1 is 1.25 bits per heavy atom. The first-order valence-electron chi connectivity index (χ1n) is 6.97. The number of halogens is 1. The zero-order valence-corrected chi connectivity index (χ0v) is 13.0. The molecule has 0 amide bonds. The zero-order valence-electron chi connectivity index (χ0n) is 13.0. The number of benzene rings is 1. The molecule has 0 saturated carbocycles. The van der Waals surface area contributed by atoms with Crippen molar-refractivity contribution in [3.05, 3.63) is 29.6 Å². The topological polar surface area (TPSA) is 38.7 Å². The van der Waals surface area contributed by atoms with Gasteiger partial charge in [-0.3, -0.25) is 0 Å². The van der Waals surface area contributed by atoms with E-state index in [0.29, 0.717) is 12.5 Å². The van der Waals surface area contributed by atoms with Crippen LogP contribution in [-0.2, 0) is 11.2 Å². The van der Waals surface area contributed by atoms with Gasteiger partial charge in [0.15, 0.2) is 0 Å².